The molecular formula is C14H14ClN5OS. The van der Waals surface area contributed by atoms with Gasteiger partial charge in [0.2, 0.25) is 10.9 Å². The van der Waals surface area contributed by atoms with Gasteiger partial charge in [0, 0.05) is 24.4 Å². The normalized spacial score (nSPS) is 11.0. The highest BCUT2D eigenvalue weighted by Gasteiger charge is 2.08. The summed E-state index contributed by atoms with van der Waals surface area (Å²) in [5.74, 6) is 0.0213. The first kappa shape index (κ1) is 14.9. The Hall–Kier alpha value is -1.99. The fourth-order valence-electron chi connectivity index (χ4n) is 2.05. The van der Waals surface area contributed by atoms with Crippen LogP contribution in [-0.4, -0.2) is 32.3 Å². The van der Waals surface area contributed by atoms with Crippen LogP contribution in [0.3, 0.4) is 0 Å². The van der Waals surface area contributed by atoms with E-state index in [-0.39, 0.29) is 5.91 Å². The monoisotopic (exact) mass is 335 g/mol. The Labute approximate surface area is 136 Å². The number of hydrogen-bond acceptors (Lipinski definition) is 5. The van der Waals surface area contributed by atoms with Gasteiger partial charge in [-0.1, -0.05) is 35.1 Å². The fourth-order valence-corrected chi connectivity index (χ4v) is 3.08. The minimum Gasteiger partial charge on any atom is -0.356 e. The Kier molecular flexibility index (Phi) is 4.65. The smallest absolute Gasteiger partial charge is 0.234 e. The van der Waals surface area contributed by atoms with Crippen LogP contribution < -0.4 is 5.32 Å². The summed E-state index contributed by atoms with van der Waals surface area (Å²) in [6.07, 6.45) is 3.35. The Morgan fingerprint density at radius 2 is 2.27 bits per heavy atom. The van der Waals surface area contributed by atoms with Gasteiger partial charge in [-0.15, -0.1) is 10.2 Å². The molecule has 0 aliphatic heterocycles. The standard InChI is InChI=1S/C14H14ClN5OS/c15-11-3-1-2-10(8-11)6-7-16-12(21)4-5-13-19-20-9-17-18-14(20)22-13/h1-3,8-9H,4-7H2,(H,16,21). The van der Waals surface area contributed by atoms with E-state index < -0.39 is 0 Å². The summed E-state index contributed by atoms with van der Waals surface area (Å²) in [4.78, 5) is 12.6. The highest BCUT2D eigenvalue weighted by atomic mass is 35.5. The molecule has 2 heterocycles. The van der Waals surface area contributed by atoms with Crippen LogP contribution >= 0.6 is 22.9 Å². The predicted molar refractivity (Wildman–Crippen MR) is 85.1 cm³/mol. The summed E-state index contributed by atoms with van der Waals surface area (Å²) in [6, 6.07) is 7.65. The van der Waals surface area contributed by atoms with Gasteiger partial charge in [-0.3, -0.25) is 4.79 Å². The van der Waals surface area contributed by atoms with E-state index in [0.717, 1.165) is 22.0 Å². The molecule has 3 rings (SSSR count). The lowest BCUT2D eigenvalue weighted by molar-refractivity contribution is -0.121. The summed E-state index contributed by atoms with van der Waals surface area (Å²) in [5.41, 5.74) is 1.11. The van der Waals surface area contributed by atoms with Crippen LogP contribution in [0.15, 0.2) is 30.6 Å². The number of benzene rings is 1. The molecule has 0 spiro atoms. The van der Waals surface area contributed by atoms with Gasteiger partial charge in [0.05, 0.1) is 0 Å². The van der Waals surface area contributed by atoms with Crippen LogP contribution in [0.1, 0.15) is 17.0 Å². The third-order valence-corrected chi connectivity index (χ3v) is 4.33. The Balaban J connectivity index is 1.41. The molecule has 2 aromatic heterocycles. The first-order chi connectivity index (χ1) is 10.7. The quantitative estimate of drug-likeness (QED) is 0.749. The maximum atomic E-state index is 11.8. The van der Waals surface area contributed by atoms with E-state index in [2.05, 4.69) is 20.6 Å². The largest absolute Gasteiger partial charge is 0.356 e. The number of nitrogens with one attached hydrogen (secondary N) is 1. The molecule has 0 aliphatic carbocycles. The van der Waals surface area contributed by atoms with E-state index in [4.69, 9.17) is 11.6 Å². The molecule has 1 N–H and O–H groups in total. The third-order valence-electron chi connectivity index (χ3n) is 3.12. The molecule has 8 heteroatoms. The molecule has 3 aromatic rings. The number of aromatic nitrogens is 4. The van der Waals surface area contributed by atoms with Crippen molar-refractivity contribution in [2.75, 3.05) is 6.54 Å². The molecule has 0 bridgehead atoms. The topological polar surface area (TPSA) is 72.2 Å². The minimum atomic E-state index is 0.0213. The van der Waals surface area contributed by atoms with Gasteiger partial charge < -0.3 is 5.32 Å². The van der Waals surface area contributed by atoms with Crippen LogP contribution in [0.2, 0.25) is 5.02 Å². The van der Waals surface area contributed by atoms with Gasteiger partial charge in [-0.2, -0.15) is 9.61 Å². The SMILES string of the molecule is O=C(CCc1nn2cnnc2s1)NCCc1cccc(Cl)c1. The molecule has 0 saturated heterocycles. The number of hydrogen-bond donors (Lipinski definition) is 1. The van der Waals surface area contributed by atoms with Gasteiger partial charge in [0.15, 0.2) is 0 Å². The average Bonchev–Trinajstić information content (AvgIpc) is 3.06. The third kappa shape index (κ3) is 3.80. The average molecular weight is 336 g/mol. The van der Waals surface area contributed by atoms with Gasteiger partial charge in [-0.05, 0) is 24.1 Å². The minimum absolute atomic E-state index is 0.0213. The lowest BCUT2D eigenvalue weighted by Crippen LogP contribution is -2.25. The second-order valence-corrected chi connectivity index (χ2v) is 6.26. The first-order valence-electron chi connectivity index (χ1n) is 6.87. The number of aryl methyl sites for hydroxylation is 1. The second-order valence-electron chi connectivity index (χ2n) is 4.78. The summed E-state index contributed by atoms with van der Waals surface area (Å²) < 4.78 is 1.62. The molecule has 22 heavy (non-hydrogen) atoms. The lowest BCUT2D eigenvalue weighted by Gasteiger charge is -2.05. The van der Waals surface area contributed by atoms with E-state index in [9.17, 15) is 4.79 Å². The van der Waals surface area contributed by atoms with Crippen molar-refractivity contribution in [1.29, 1.82) is 0 Å². The molecule has 0 radical (unpaired) electrons. The summed E-state index contributed by atoms with van der Waals surface area (Å²) in [5, 5.41) is 16.5. The van der Waals surface area contributed by atoms with Crippen molar-refractivity contribution in [1.82, 2.24) is 25.1 Å². The van der Waals surface area contributed by atoms with E-state index in [1.807, 2.05) is 24.3 Å². The fraction of sp³-hybridized carbons (Fsp3) is 0.286. The zero-order chi connectivity index (χ0) is 15.4. The molecule has 0 unspecified atom stereocenters. The number of halogens is 1. The zero-order valence-corrected chi connectivity index (χ0v) is 13.3. The number of fused-ring (bicyclic) bond motifs is 1. The van der Waals surface area contributed by atoms with Gasteiger partial charge in [-0.25, -0.2) is 0 Å². The lowest BCUT2D eigenvalue weighted by atomic mass is 10.1. The summed E-state index contributed by atoms with van der Waals surface area (Å²) in [6.45, 7) is 0.601. The Bertz CT molecular complexity index is 756. The predicted octanol–water partition coefficient (Wildman–Crippen LogP) is 2.13. The van der Waals surface area contributed by atoms with Gasteiger partial charge in [0.25, 0.3) is 0 Å². The van der Waals surface area contributed by atoms with Crippen molar-refractivity contribution in [2.45, 2.75) is 19.3 Å². The van der Waals surface area contributed by atoms with Crippen molar-refractivity contribution >= 4 is 33.8 Å². The van der Waals surface area contributed by atoms with Crippen molar-refractivity contribution in [3.63, 3.8) is 0 Å². The summed E-state index contributed by atoms with van der Waals surface area (Å²) >= 11 is 7.38. The highest BCUT2D eigenvalue weighted by Crippen LogP contribution is 2.13. The highest BCUT2D eigenvalue weighted by molar-refractivity contribution is 7.16. The number of amides is 1. The molecule has 114 valence electrons. The van der Waals surface area contributed by atoms with Gasteiger partial charge in [0.1, 0.15) is 11.3 Å². The number of nitrogens with zero attached hydrogens (tertiary/aromatic N) is 4. The van der Waals surface area contributed by atoms with Crippen molar-refractivity contribution in [3.8, 4) is 0 Å². The second kappa shape index (κ2) is 6.85. The molecular weight excluding hydrogens is 322 g/mol. The molecule has 0 fully saturated rings. The Morgan fingerprint density at radius 1 is 1.36 bits per heavy atom. The molecule has 0 atom stereocenters. The number of carbonyl (C=O) groups is 1. The molecule has 0 saturated carbocycles. The van der Waals surface area contributed by atoms with Crippen LogP contribution in [0.4, 0.5) is 0 Å². The van der Waals surface area contributed by atoms with Gasteiger partial charge >= 0.3 is 0 Å². The number of carbonyl (C=O) groups excluding carboxylic acids is 1. The van der Waals surface area contributed by atoms with Crippen LogP contribution in [0.25, 0.3) is 4.96 Å². The van der Waals surface area contributed by atoms with Crippen molar-refractivity contribution in [2.24, 2.45) is 0 Å². The van der Waals surface area contributed by atoms with E-state index in [1.54, 1.807) is 10.8 Å². The number of rotatable bonds is 6. The molecule has 1 aromatic carbocycles. The maximum absolute atomic E-state index is 11.8. The van der Waals surface area contributed by atoms with Crippen LogP contribution in [0.5, 0.6) is 0 Å². The summed E-state index contributed by atoms with van der Waals surface area (Å²) in [7, 11) is 0. The van der Waals surface area contributed by atoms with Crippen LogP contribution in [0, 0.1) is 0 Å². The molecule has 6 nitrogen and oxygen atoms in total. The first-order valence-corrected chi connectivity index (χ1v) is 8.07. The van der Waals surface area contributed by atoms with E-state index >= 15 is 0 Å². The van der Waals surface area contributed by atoms with Crippen molar-refractivity contribution < 1.29 is 4.79 Å². The maximum Gasteiger partial charge on any atom is 0.234 e. The Morgan fingerprint density at radius 3 is 3.09 bits per heavy atom. The van der Waals surface area contributed by atoms with E-state index in [0.29, 0.717) is 24.4 Å². The molecule has 1 amide bonds. The molecule has 0 aliphatic rings. The zero-order valence-electron chi connectivity index (χ0n) is 11.7. The van der Waals surface area contributed by atoms with Crippen LogP contribution in [-0.2, 0) is 17.6 Å². The van der Waals surface area contributed by atoms with Crippen molar-refractivity contribution in [3.05, 3.63) is 46.2 Å². The van der Waals surface area contributed by atoms with E-state index in [1.165, 1.54) is 11.3 Å².